The normalized spacial score (nSPS) is 10.3. The van der Waals surface area contributed by atoms with Gasteiger partial charge in [-0.3, -0.25) is 9.59 Å². The van der Waals surface area contributed by atoms with Crippen molar-refractivity contribution in [1.82, 2.24) is 9.78 Å². The fraction of sp³-hybridized carbons (Fsp3) is 0.583. The van der Waals surface area contributed by atoms with Crippen molar-refractivity contribution in [3.63, 3.8) is 0 Å². The summed E-state index contributed by atoms with van der Waals surface area (Å²) in [7, 11) is 1.90. The van der Waals surface area contributed by atoms with Crippen molar-refractivity contribution in [2.45, 2.75) is 32.7 Å². The Morgan fingerprint density at radius 2 is 2.22 bits per heavy atom. The molecule has 0 radical (unpaired) electrons. The van der Waals surface area contributed by atoms with Gasteiger partial charge < -0.3 is 10.0 Å². The van der Waals surface area contributed by atoms with Crippen LogP contribution in [-0.4, -0.2) is 34.4 Å². The fourth-order valence-electron chi connectivity index (χ4n) is 1.52. The van der Waals surface area contributed by atoms with Gasteiger partial charge in [0.2, 0.25) is 0 Å². The summed E-state index contributed by atoms with van der Waals surface area (Å²) in [5.74, 6) is -0.810. The number of nitrogens with zero attached hydrogens (tertiary/aromatic N) is 3. The summed E-state index contributed by atoms with van der Waals surface area (Å²) in [6.07, 6.45) is 2.98. The third kappa shape index (κ3) is 4.20. The predicted octanol–water partition coefficient (Wildman–Crippen LogP) is 0.954. The summed E-state index contributed by atoms with van der Waals surface area (Å²) in [6.45, 7) is 3.27. The zero-order chi connectivity index (χ0) is 13.5. The molecule has 1 heterocycles. The van der Waals surface area contributed by atoms with E-state index in [0.717, 1.165) is 12.2 Å². The molecular weight excluding hydrogens is 234 g/mol. The second kappa shape index (κ2) is 6.78. The van der Waals surface area contributed by atoms with Crippen molar-refractivity contribution in [2.75, 3.05) is 18.5 Å². The lowest BCUT2D eigenvalue weighted by atomic mass is 10.2. The van der Waals surface area contributed by atoms with E-state index >= 15 is 0 Å². The molecule has 0 amide bonds. The van der Waals surface area contributed by atoms with E-state index in [2.05, 4.69) is 5.10 Å². The molecule has 6 nitrogen and oxygen atoms in total. The van der Waals surface area contributed by atoms with Crippen LogP contribution in [-0.2, 0) is 11.3 Å². The van der Waals surface area contributed by atoms with Crippen LogP contribution in [0.15, 0.2) is 17.1 Å². The van der Waals surface area contributed by atoms with Crippen LogP contribution in [0.2, 0.25) is 0 Å². The van der Waals surface area contributed by atoms with Crippen LogP contribution in [0.3, 0.4) is 0 Å². The molecule has 0 aliphatic heterocycles. The number of aromatic nitrogens is 2. The molecule has 0 aliphatic carbocycles. The molecule has 0 saturated heterocycles. The number of unbranched alkanes of at least 4 members (excludes halogenated alkanes) is 1. The molecule has 1 rings (SSSR count). The van der Waals surface area contributed by atoms with Crippen LogP contribution in [0.1, 0.15) is 26.2 Å². The zero-order valence-corrected chi connectivity index (χ0v) is 10.8. The van der Waals surface area contributed by atoms with Crippen LogP contribution in [0.25, 0.3) is 0 Å². The third-order valence-electron chi connectivity index (χ3n) is 2.78. The van der Waals surface area contributed by atoms with Crippen molar-refractivity contribution in [2.24, 2.45) is 0 Å². The van der Waals surface area contributed by atoms with E-state index in [9.17, 15) is 9.59 Å². The van der Waals surface area contributed by atoms with E-state index < -0.39 is 5.97 Å². The maximum Gasteiger partial charge on any atom is 0.303 e. The van der Waals surface area contributed by atoms with E-state index in [-0.39, 0.29) is 12.0 Å². The minimum Gasteiger partial charge on any atom is -0.481 e. The first-order chi connectivity index (χ1) is 8.54. The molecule has 0 bridgehead atoms. The van der Waals surface area contributed by atoms with Crippen molar-refractivity contribution >= 4 is 11.7 Å². The highest BCUT2D eigenvalue weighted by Gasteiger charge is 2.03. The number of carbonyl (C=O) groups is 1. The number of hydrogen-bond donors (Lipinski definition) is 1. The molecule has 0 unspecified atom stereocenters. The highest BCUT2D eigenvalue weighted by molar-refractivity contribution is 5.66. The topological polar surface area (TPSA) is 75.4 Å². The molecule has 1 aromatic heterocycles. The highest BCUT2D eigenvalue weighted by atomic mass is 16.4. The lowest BCUT2D eigenvalue weighted by molar-refractivity contribution is -0.137. The molecule has 0 atom stereocenters. The van der Waals surface area contributed by atoms with E-state index in [4.69, 9.17) is 5.11 Å². The van der Waals surface area contributed by atoms with Gasteiger partial charge in [0, 0.05) is 32.6 Å². The van der Waals surface area contributed by atoms with Crippen LogP contribution >= 0.6 is 0 Å². The van der Waals surface area contributed by atoms with Crippen LogP contribution in [0.4, 0.5) is 5.69 Å². The molecule has 1 aromatic rings. The molecule has 6 heteroatoms. The molecule has 0 aliphatic rings. The molecule has 1 N–H and O–H groups in total. The Balaban J connectivity index is 2.57. The third-order valence-corrected chi connectivity index (χ3v) is 2.78. The largest absolute Gasteiger partial charge is 0.481 e. The lowest BCUT2D eigenvalue weighted by Gasteiger charge is -2.16. The Morgan fingerprint density at radius 1 is 1.50 bits per heavy atom. The summed E-state index contributed by atoms with van der Waals surface area (Å²) in [6, 6.07) is 1.55. The predicted molar refractivity (Wildman–Crippen MR) is 68.9 cm³/mol. The second-order valence-electron chi connectivity index (χ2n) is 4.14. The monoisotopic (exact) mass is 253 g/mol. The quantitative estimate of drug-likeness (QED) is 0.732. The first-order valence-electron chi connectivity index (χ1n) is 6.04. The van der Waals surface area contributed by atoms with Crippen LogP contribution in [0, 0.1) is 0 Å². The first kappa shape index (κ1) is 14.2. The van der Waals surface area contributed by atoms with Gasteiger partial charge in [0.25, 0.3) is 5.56 Å². The van der Waals surface area contributed by atoms with Crippen molar-refractivity contribution in [3.05, 3.63) is 22.6 Å². The van der Waals surface area contributed by atoms with Gasteiger partial charge in [0.05, 0.1) is 11.9 Å². The SMILES string of the molecule is CCN(C)c1cnn(CCCCC(=O)O)c(=O)c1. The Morgan fingerprint density at radius 3 is 2.78 bits per heavy atom. The van der Waals surface area contributed by atoms with Crippen LogP contribution < -0.4 is 10.5 Å². The van der Waals surface area contributed by atoms with Crippen molar-refractivity contribution in [1.29, 1.82) is 0 Å². The van der Waals surface area contributed by atoms with Gasteiger partial charge in [-0.2, -0.15) is 5.10 Å². The van der Waals surface area contributed by atoms with Gasteiger partial charge in [-0.15, -0.1) is 0 Å². The number of anilines is 1. The van der Waals surface area contributed by atoms with E-state index in [1.165, 1.54) is 4.68 Å². The number of aliphatic carboxylic acids is 1. The number of carboxylic acid groups (broad SMARTS) is 1. The number of aryl methyl sites for hydroxylation is 1. The Kier molecular flexibility index (Phi) is 5.35. The maximum absolute atomic E-state index is 11.7. The van der Waals surface area contributed by atoms with Gasteiger partial charge in [0.1, 0.15) is 0 Å². The maximum atomic E-state index is 11.7. The summed E-state index contributed by atoms with van der Waals surface area (Å²) in [4.78, 5) is 24.0. The van der Waals surface area contributed by atoms with Gasteiger partial charge >= 0.3 is 5.97 Å². The average Bonchev–Trinajstić information content (AvgIpc) is 2.34. The standard InChI is InChI=1S/C12H19N3O3/c1-3-14(2)10-8-11(16)15(13-9-10)7-5-4-6-12(17)18/h8-9H,3-7H2,1-2H3,(H,17,18). The zero-order valence-electron chi connectivity index (χ0n) is 10.8. The van der Waals surface area contributed by atoms with Gasteiger partial charge in [-0.05, 0) is 19.8 Å². The molecule has 0 aromatic carbocycles. The summed E-state index contributed by atoms with van der Waals surface area (Å²) in [5.41, 5.74) is 0.646. The Bertz CT molecular complexity index is 456. The van der Waals surface area contributed by atoms with Gasteiger partial charge in [-0.1, -0.05) is 0 Å². The van der Waals surface area contributed by atoms with Gasteiger partial charge in [-0.25, -0.2) is 4.68 Å². The number of hydrogen-bond acceptors (Lipinski definition) is 4. The van der Waals surface area contributed by atoms with E-state index in [0.29, 0.717) is 19.4 Å². The second-order valence-corrected chi connectivity index (χ2v) is 4.14. The van der Waals surface area contributed by atoms with E-state index in [1.807, 2.05) is 18.9 Å². The molecule has 18 heavy (non-hydrogen) atoms. The Labute approximate surface area is 106 Å². The molecule has 100 valence electrons. The number of rotatable bonds is 7. The minimum absolute atomic E-state index is 0.130. The van der Waals surface area contributed by atoms with Gasteiger partial charge in [0.15, 0.2) is 0 Å². The summed E-state index contributed by atoms with van der Waals surface area (Å²) < 4.78 is 1.37. The Hall–Kier alpha value is -1.85. The van der Waals surface area contributed by atoms with Crippen molar-refractivity contribution < 1.29 is 9.90 Å². The first-order valence-corrected chi connectivity index (χ1v) is 6.04. The summed E-state index contributed by atoms with van der Waals surface area (Å²) >= 11 is 0. The molecule has 0 spiro atoms. The average molecular weight is 253 g/mol. The number of carboxylic acids is 1. The molecular formula is C12H19N3O3. The smallest absolute Gasteiger partial charge is 0.303 e. The van der Waals surface area contributed by atoms with E-state index in [1.54, 1.807) is 12.3 Å². The van der Waals surface area contributed by atoms with Crippen LogP contribution in [0.5, 0.6) is 0 Å². The highest BCUT2D eigenvalue weighted by Crippen LogP contribution is 2.06. The molecule has 0 fully saturated rings. The summed E-state index contributed by atoms with van der Waals surface area (Å²) in [5, 5.41) is 12.6. The lowest BCUT2D eigenvalue weighted by Crippen LogP contribution is -2.25. The molecule has 0 saturated carbocycles. The van der Waals surface area contributed by atoms with Crippen molar-refractivity contribution in [3.8, 4) is 0 Å². The minimum atomic E-state index is -0.810. The fourth-order valence-corrected chi connectivity index (χ4v) is 1.52.